The van der Waals surface area contributed by atoms with Crippen molar-refractivity contribution < 1.29 is 4.74 Å². The topological polar surface area (TPSA) is 48.1 Å². The molecular formula is C18H18N2O. The molecular weight excluding hydrogens is 260 g/mol. The molecule has 2 aromatic carbocycles. The average molecular weight is 278 g/mol. The zero-order valence-electron chi connectivity index (χ0n) is 11.8. The molecule has 1 heterocycles. The first-order valence-electron chi connectivity index (χ1n) is 7.11. The predicted molar refractivity (Wildman–Crippen MR) is 85.2 cm³/mol. The first-order valence-corrected chi connectivity index (χ1v) is 7.11. The number of fused-ring (bicyclic) bond motifs is 1. The largest absolute Gasteiger partial charge is 0.494 e. The molecule has 0 aliphatic heterocycles. The summed E-state index contributed by atoms with van der Waals surface area (Å²) >= 11 is 0. The van der Waals surface area contributed by atoms with E-state index in [4.69, 9.17) is 10.5 Å². The highest BCUT2D eigenvalue weighted by atomic mass is 16.5. The minimum absolute atomic E-state index is 0.0293. The summed E-state index contributed by atoms with van der Waals surface area (Å²) in [6, 6.07) is 19.9. The van der Waals surface area contributed by atoms with Crippen LogP contribution in [0.3, 0.4) is 0 Å². The first kappa shape index (κ1) is 13.6. The summed E-state index contributed by atoms with van der Waals surface area (Å²) in [5.41, 5.74) is 8.36. The number of ether oxygens (including phenoxy) is 1. The van der Waals surface area contributed by atoms with E-state index in [1.165, 1.54) is 0 Å². The maximum absolute atomic E-state index is 6.25. The van der Waals surface area contributed by atoms with Crippen molar-refractivity contribution >= 4 is 10.9 Å². The van der Waals surface area contributed by atoms with Crippen molar-refractivity contribution in [3.8, 4) is 5.75 Å². The summed E-state index contributed by atoms with van der Waals surface area (Å²) in [6.07, 6.45) is 2.58. The number of para-hydroxylation sites is 1. The number of aromatic nitrogens is 1. The van der Waals surface area contributed by atoms with Gasteiger partial charge in [0.05, 0.1) is 12.1 Å². The molecule has 3 aromatic rings. The Bertz CT molecular complexity index is 712. The standard InChI is InChI=1S/C18H18N2O/c19-17(10-12-21-16-6-2-1-3-7-16)14-8-9-18-15(13-14)5-4-11-20-18/h1-9,11,13,17H,10,12,19H2. The molecule has 21 heavy (non-hydrogen) atoms. The van der Waals surface area contributed by atoms with Crippen LogP contribution < -0.4 is 10.5 Å². The molecule has 106 valence electrons. The van der Waals surface area contributed by atoms with E-state index in [9.17, 15) is 0 Å². The lowest BCUT2D eigenvalue weighted by molar-refractivity contribution is 0.298. The second-order valence-corrected chi connectivity index (χ2v) is 5.01. The van der Waals surface area contributed by atoms with Crippen LogP contribution in [0.4, 0.5) is 0 Å². The van der Waals surface area contributed by atoms with Crippen LogP contribution in [-0.2, 0) is 0 Å². The Morgan fingerprint density at radius 2 is 1.86 bits per heavy atom. The number of hydrogen-bond acceptors (Lipinski definition) is 3. The predicted octanol–water partition coefficient (Wildman–Crippen LogP) is 3.70. The SMILES string of the molecule is NC(CCOc1ccccc1)c1ccc2ncccc2c1. The first-order chi connectivity index (χ1) is 10.3. The van der Waals surface area contributed by atoms with Crippen molar-refractivity contribution in [2.45, 2.75) is 12.5 Å². The molecule has 0 saturated heterocycles. The molecule has 3 heteroatoms. The van der Waals surface area contributed by atoms with Gasteiger partial charge < -0.3 is 10.5 Å². The van der Waals surface area contributed by atoms with Crippen molar-refractivity contribution in [2.75, 3.05) is 6.61 Å². The smallest absolute Gasteiger partial charge is 0.119 e. The quantitative estimate of drug-likeness (QED) is 0.774. The number of nitrogens with two attached hydrogens (primary N) is 1. The number of nitrogens with zero attached hydrogens (tertiary/aromatic N) is 1. The van der Waals surface area contributed by atoms with Crippen LogP contribution in [0.25, 0.3) is 10.9 Å². The van der Waals surface area contributed by atoms with E-state index in [-0.39, 0.29) is 6.04 Å². The van der Waals surface area contributed by atoms with Gasteiger partial charge in [0.25, 0.3) is 0 Å². The molecule has 0 bridgehead atoms. The van der Waals surface area contributed by atoms with Gasteiger partial charge in [-0.15, -0.1) is 0 Å². The van der Waals surface area contributed by atoms with Gasteiger partial charge in [0, 0.05) is 24.0 Å². The second-order valence-electron chi connectivity index (χ2n) is 5.01. The zero-order chi connectivity index (χ0) is 14.5. The van der Waals surface area contributed by atoms with Gasteiger partial charge in [-0.1, -0.05) is 30.3 Å². The third-order valence-electron chi connectivity index (χ3n) is 3.50. The summed E-state index contributed by atoms with van der Waals surface area (Å²) in [7, 11) is 0. The second kappa shape index (κ2) is 6.37. The highest BCUT2D eigenvalue weighted by molar-refractivity contribution is 5.79. The number of rotatable bonds is 5. The van der Waals surface area contributed by atoms with E-state index in [0.29, 0.717) is 6.61 Å². The maximum Gasteiger partial charge on any atom is 0.119 e. The van der Waals surface area contributed by atoms with Crippen LogP contribution in [0.2, 0.25) is 0 Å². The summed E-state index contributed by atoms with van der Waals surface area (Å²) in [5.74, 6) is 0.882. The van der Waals surface area contributed by atoms with E-state index in [2.05, 4.69) is 17.1 Å². The molecule has 0 fully saturated rings. The minimum atomic E-state index is -0.0293. The van der Waals surface area contributed by atoms with Crippen molar-refractivity contribution in [2.24, 2.45) is 5.73 Å². The van der Waals surface area contributed by atoms with Crippen molar-refractivity contribution in [3.63, 3.8) is 0 Å². The van der Waals surface area contributed by atoms with E-state index in [0.717, 1.165) is 28.6 Å². The Hall–Kier alpha value is -2.39. The van der Waals surface area contributed by atoms with E-state index >= 15 is 0 Å². The molecule has 0 aliphatic rings. The van der Waals surface area contributed by atoms with Crippen molar-refractivity contribution in [3.05, 3.63) is 72.4 Å². The number of hydrogen-bond donors (Lipinski definition) is 1. The van der Waals surface area contributed by atoms with Crippen LogP contribution in [-0.4, -0.2) is 11.6 Å². The lowest BCUT2D eigenvalue weighted by Crippen LogP contribution is -2.14. The fraction of sp³-hybridized carbons (Fsp3) is 0.167. The molecule has 2 N–H and O–H groups in total. The van der Waals surface area contributed by atoms with Gasteiger partial charge in [0.1, 0.15) is 5.75 Å². The van der Waals surface area contributed by atoms with Gasteiger partial charge in [-0.05, 0) is 35.9 Å². The molecule has 1 atom stereocenters. The van der Waals surface area contributed by atoms with E-state index in [1.54, 1.807) is 6.20 Å². The van der Waals surface area contributed by atoms with Crippen molar-refractivity contribution in [1.82, 2.24) is 4.98 Å². The molecule has 3 nitrogen and oxygen atoms in total. The molecule has 3 rings (SSSR count). The summed E-state index contributed by atoms with van der Waals surface area (Å²) in [4.78, 5) is 4.32. The van der Waals surface area contributed by atoms with Gasteiger partial charge in [-0.3, -0.25) is 4.98 Å². The van der Waals surface area contributed by atoms with Gasteiger partial charge in [-0.25, -0.2) is 0 Å². The van der Waals surface area contributed by atoms with Gasteiger partial charge >= 0.3 is 0 Å². The monoisotopic (exact) mass is 278 g/mol. The highest BCUT2D eigenvalue weighted by Crippen LogP contribution is 2.20. The third kappa shape index (κ3) is 3.38. The van der Waals surface area contributed by atoms with Crippen LogP contribution in [0.1, 0.15) is 18.0 Å². The Labute approximate surface area is 124 Å². The van der Waals surface area contributed by atoms with Crippen molar-refractivity contribution in [1.29, 1.82) is 0 Å². The molecule has 0 aliphatic carbocycles. The Kier molecular flexibility index (Phi) is 4.12. The van der Waals surface area contributed by atoms with E-state index < -0.39 is 0 Å². The molecule has 1 unspecified atom stereocenters. The zero-order valence-corrected chi connectivity index (χ0v) is 11.8. The number of benzene rings is 2. The van der Waals surface area contributed by atoms with Gasteiger partial charge in [0.2, 0.25) is 0 Å². The van der Waals surface area contributed by atoms with Gasteiger partial charge in [-0.2, -0.15) is 0 Å². The fourth-order valence-corrected chi connectivity index (χ4v) is 2.31. The van der Waals surface area contributed by atoms with Crippen LogP contribution in [0.5, 0.6) is 5.75 Å². The maximum atomic E-state index is 6.25. The Morgan fingerprint density at radius 3 is 2.71 bits per heavy atom. The minimum Gasteiger partial charge on any atom is -0.494 e. The molecule has 0 radical (unpaired) electrons. The van der Waals surface area contributed by atoms with Gasteiger partial charge in [0.15, 0.2) is 0 Å². The molecule has 1 aromatic heterocycles. The number of pyridine rings is 1. The third-order valence-corrected chi connectivity index (χ3v) is 3.50. The highest BCUT2D eigenvalue weighted by Gasteiger charge is 2.07. The Balaban J connectivity index is 1.62. The van der Waals surface area contributed by atoms with E-state index in [1.807, 2.05) is 48.5 Å². The Morgan fingerprint density at radius 1 is 1.00 bits per heavy atom. The lowest BCUT2D eigenvalue weighted by Gasteiger charge is -2.13. The fourth-order valence-electron chi connectivity index (χ4n) is 2.31. The molecule has 0 spiro atoms. The molecule has 0 saturated carbocycles. The normalized spacial score (nSPS) is 12.2. The van der Waals surface area contributed by atoms with Crippen LogP contribution >= 0.6 is 0 Å². The summed E-state index contributed by atoms with van der Waals surface area (Å²) < 4.78 is 5.69. The van der Waals surface area contributed by atoms with Crippen LogP contribution in [0, 0.1) is 0 Å². The summed E-state index contributed by atoms with van der Waals surface area (Å²) in [6.45, 7) is 0.607. The van der Waals surface area contributed by atoms with Crippen LogP contribution in [0.15, 0.2) is 66.9 Å². The molecule has 0 amide bonds. The summed E-state index contributed by atoms with van der Waals surface area (Å²) in [5, 5.41) is 1.12. The average Bonchev–Trinajstić information content (AvgIpc) is 2.55. The lowest BCUT2D eigenvalue weighted by atomic mass is 10.0.